The van der Waals surface area contributed by atoms with Crippen molar-refractivity contribution in [1.29, 1.82) is 0 Å². The van der Waals surface area contributed by atoms with Gasteiger partial charge in [0.15, 0.2) is 5.82 Å². The number of nitrogens with zero attached hydrogens (tertiary/aromatic N) is 4. The second-order valence-corrected chi connectivity index (χ2v) is 7.95. The van der Waals surface area contributed by atoms with E-state index in [2.05, 4.69) is 10.4 Å². The van der Waals surface area contributed by atoms with Gasteiger partial charge in [0.2, 0.25) is 5.91 Å². The summed E-state index contributed by atoms with van der Waals surface area (Å²) < 4.78 is 8.70. The third kappa shape index (κ3) is 4.75. The number of amides is 2. The van der Waals surface area contributed by atoms with Crippen molar-refractivity contribution >= 4 is 11.8 Å². The standard InChI is InChI=1S/C24H29N5O3/c1-32-16-8-12-25-22(30)19-9-7-15-28(18-19)24(31)21-17-26-29(20-10-3-2-4-11-20)23(21)27-13-5-6-14-27/h2-6,10-11,13-14,17,19H,7-9,12,15-16,18H2,1H3,(H,25,30). The van der Waals surface area contributed by atoms with Crippen LogP contribution in [-0.2, 0) is 9.53 Å². The van der Waals surface area contributed by atoms with Gasteiger partial charge in [0.05, 0.1) is 17.8 Å². The van der Waals surface area contributed by atoms with Crippen LogP contribution in [-0.4, -0.2) is 64.4 Å². The van der Waals surface area contributed by atoms with Crippen molar-refractivity contribution in [3.05, 3.63) is 66.6 Å². The predicted molar refractivity (Wildman–Crippen MR) is 121 cm³/mol. The SMILES string of the molecule is COCCCNC(=O)C1CCCN(C(=O)c2cnn(-c3ccccc3)c2-n2cccc2)C1. The first kappa shape index (κ1) is 21.8. The summed E-state index contributed by atoms with van der Waals surface area (Å²) in [6.45, 7) is 2.24. The van der Waals surface area contributed by atoms with Gasteiger partial charge in [0.25, 0.3) is 5.91 Å². The Morgan fingerprint density at radius 3 is 2.69 bits per heavy atom. The topological polar surface area (TPSA) is 81.4 Å². The highest BCUT2D eigenvalue weighted by atomic mass is 16.5. The molecular weight excluding hydrogens is 406 g/mol. The van der Waals surface area contributed by atoms with Gasteiger partial charge in [-0.25, -0.2) is 4.68 Å². The van der Waals surface area contributed by atoms with E-state index in [1.54, 1.807) is 22.9 Å². The Bertz CT molecular complexity index is 1030. The summed E-state index contributed by atoms with van der Waals surface area (Å²) in [5, 5.41) is 7.50. The molecule has 1 fully saturated rings. The van der Waals surface area contributed by atoms with E-state index in [0.717, 1.165) is 24.9 Å². The average molecular weight is 436 g/mol. The number of rotatable bonds is 8. The molecule has 0 saturated carbocycles. The van der Waals surface area contributed by atoms with Crippen molar-refractivity contribution < 1.29 is 14.3 Å². The van der Waals surface area contributed by atoms with Crippen molar-refractivity contribution in [2.75, 3.05) is 33.4 Å². The molecule has 1 aliphatic heterocycles. The van der Waals surface area contributed by atoms with Gasteiger partial charge in [0, 0.05) is 45.7 Å². The van der Waals surface area contributed by atoms with Crippen LogP contribution in [0.25, 0.3) is 11.5 Å². The van der Waals surface area contributed by atoms with Crippen LogP contribution < -0.4 is 5.32 Å². The zero-order valence-corrected chi connectivity index (χ0v) is 18.3. The lowest BCUT2D eigenvalue weighted by Gasteiger charge is -2.32. The van der Waals surface area contributed by atoms with Gasteiger partial charge in [-0.2, -0.15) is 5.10 Å². The summed E-state index contributed by atoms with van der Waals surface area (Å²) >= 11 is 0. The minimum atomic E-state index is -0.200. The minimum absolute atomic E-state index is 0.00390. The van der Waals surface area contributed by atoms with E-state index in [-0.39, 0.29) is 17.7 Å². The number of nitrogens with one attached hydrogen (secondary N) is 1. The van der Waals surface area contributed by atoms with Gasteiger partial charge in [-0.15, -0.1) is 0 Å². The van der Waals surface area contributed by atoms with E-state index in [0.29, 0.717) is 37.6 Å². The van der Waals surface area contributed by atoms with E-state index in [9.17, 15) is 9.59 Å². The minimum Gasteiger partial charge on any atom is -0.385 e. The number of likely N-dealkylation sites (tertiary alicyclic amines) is 1. The smallest absolute Gasteiger partial charge is 0.259 e. The molecule has 0 aliphatic carbocycles. The summed E-state index contributed by atoms with van der Waals surface area (Å²) in [5.41, 5.74) is 1.40. The Labute approximate surface area is 187 Å². The maximum absolute atomic E-state index is 13.5. The van der Waals surface area contributed by atoms with Crippen molar-refractivity contribution in [3.63, 3.8) is 0 Å². The number of methoxy groups -OCH3 is 1. The number of piperidine rings is 1. The number of hydrogen-bond acceptors (Lipinski definition) is 4. The Morgan fingerprint density at radius 2 is 1.94 bits per heavy atom. The van der Waals surface area contributed by atoms with Crippen LogP contribution in [0.1, 0.15) is 29.6 Å². The number of hydrogen-bond donors (Lipinski definition) is 1. The first-order valence-electron chi connectivity index (χ1n) is 11.0. The van der Waals surface area contributed by atoms with E-state index in [4.69, 9.17) is 4.74 Å². The van der Waals surface area contributed by atoms with Gasteiger partial charge in [-0.3, -0.25) is 9.59 Å². The fourth-order valence-corrected chi connectivity index (χ4v) is 4.09. The van der Waals surface area contributed by atoms with Gasteiger partial charge in [-0.1, -0.05) is 18.2 Å². The second kappa shape index (κ2) is 10.3. The molecule has 1 unspecified atom stereocenters. The van der Waals surface area contributed by atoms with Crippen LogP contribution in [0.15, 0.2) is 61.1 Å². The molecule has 8 heteroatoms. The molecule has 1 aromatic carbocycles. The molecule has 4 rings (SSSR count). The molecule has 2 amide bonds. The molecule has 3 aromatic rings. The molecule has 3 heterocycles. The van der Waals surface area contributed by atoms with Gasteiger partial charge < -0.3 is 19.5 Å². The number of carbonyl (C=O) groups excluding carboxylic acids is 2. The van der Waals surface area contributed by atoms with Crippen molar-refractivity contribution in [1.82, 2.24) is 24.6 Å². The fourth-order valence-electron chi connectivity index (χ4n) is 4.09. The molecule has 8 nitrogen and oxygen atoms in total. The zero-order valence-electron chi connectivity index (χ0n) is 18.3. The Balaban J connectivity index is 1.54. The average Bonchev–Trinajstić information content (AvgIpc) is 3.52. The monoisotopic (exact) mass is 435 g/mol. The molecule has 32 heavy (non-hydrogen) atoms. The quantitative estimate of drug-likeness (QED) is 0.552. The highest BCUT2D eigenvalue weighted by Gasteiger charge is 2.31. The van der Waals surface area contributed by atoms with Crippen LogP contribution in [0.2, 0.25) is 0 Å². The van der Waals surface area contributed by atoms with Gasteiger partial charge in [0.1, 0.15) is 5.56 Å². The molecule has 0 spiro atoms. The maximum atomic E-state index is 13.5. The molecule has 1 aliphatic rings. The highest BCUT2D eigenvalue weighted by molar-refractivity contribution is 5.97. The number of aromatic nitrogens is 3. The molecule has 0 bridgehead atoms. The van der Waals surface area contributed by atoms with Crippen molar-refractivity contribution in [2.24, 2.45) is 5.92 Å². The van der Waals surface area contributed by atoms with Gasteiger partial charge in [-0.05, 0) is 43.5 Å². The van der Waals surface area contributed by atoms with Crippen molar-refractivity contribution in [3.8, 4) is 11.5 Å². The summed E-state index contributed by atoms with van der Waals surface area (Å²) in [7, 11) is 1.65. The number of benzene rings is 1. The first-order chi connectivity index (χ1) is 15.7. The Hall–Kier alpha value is -3.39. The molecule has 2 aromatic heterocycles. The molecule has 1 saturated heterocycles. The Kier molecular flexibility index (Phi) is 7.01. The third-order valence-electron chi connectivity index (χ3n) is 5.73. The highest BCUT2D eigenvalue weighted by Crippen LogP contribution is 2.24. The molecular formula is C24H29N5O3. The van der Waals surface area contributed by atoms with E-state index in [1.165, 1.54) is 0 Å². The van der Waals surface area contributed by atoms with E-state index < -0.39 is 0 Å². The third-order valence-corrected chi connectivity index (χ3v) is 5.73. The summed E-state index contributed by atoms with van der Waals surface area (Å²) in [6, 6.07) is 13.6. The molecule has 0 radical (unpaired) electrons. The van der Waals surface area contributed by atoms with Gasteiger partial charge >= 0.3 is 0 Å². The normalized spacial score (nSPS) is 16.2. The van der Waals surface area contributed by atoms with Crippen LogP contribution in [0.5, 0.6) is 0 Å². The van der Waals surface area contributed by atoms with Crippen LogP contribution >= 0.6 is 0 Å². The predicted octanol–water partition coefficient (Wildman–Crippen LogP) is 2.67. The molecule has 1 N–H and O–H groups in total. The molecule has 168 valence electrons. The lowest BCUT2D eigenvalue weighted by molar-refractivity contribution is -0.126. The van der Waals surface area contributed by atoms with E-state index in [1.807, 2.05) is 59.4 Å². The summed E-state index contributed by atoms with van der Waals surface area (Å²) in [4.78, 5) is 27.9. The lowest BCUT2D eigenvalue weighted by atomic mass is 9.96. The first-order valence-corrected chi connectivity index (χ1v) is 11.0. The number of carbonyl (C=O) groups is 2. The van der Waals surface area contributed by atoms with Crippen LogP contribution in [0.3, 0.4) is 0 Å². The van der Waals surface area contributed by atoms with E-state index >= 15 is 0 Å². The fraction of sp³-hybridized carbons (Fsp3) is 0.375. The summed E-state index contributed by atoms with van der Waals surface area (Å²) in [6.07, 6.45) is 7.79. The second-order valence-electron chi connectivity index (χ2n) is 7.95. The maximum Gasteiger partial charge on any atom is 0.259 e. The zero-order chi connectivity index (χ0) is 22.3. The van der Waals surface area contributed by atoms with Crippen molar-refractivity contribution in [2.45, 2.75) is 19.3 Å². The lowest BCUT2D eigenvalue weighted by Crippen LogP contribution is -2.45. The number of para-hydroxylation sites is 1. The Morgan fingerprint density at radius 1 is 1.16 bits per heavy atom. The summed E-state index contributed by atoms with van der Waals surface area (Å²) in [5.74, 6) is 0.392. The molecule has 1 atom stereocenters. The van der Waals surface area contributed by atoms with Crippen LogP contribution in [0, 0.1) is 5.92 Å². The van der Waals surface area contributed by atoms with Crippen LogP contribution in [0.4, 0.5) is 0 Å². The largest absolute Gasteiger partial charge is 0.385 e. The number of ether oxygens (including phenoxy) is 1.